The van der Waals surface area contributed by atoms with Gasteiger partial charge in [0.1, 0.15) is 6.54 Å². The van der Waals surface area contributed by atoms with E-state index in [9.17, 15) is 22.8 Å². The summed E-state index contributed by atoms with van der Waals surface area (Å²) in [6.45, 7) is 3.65. The largest absolute Gasteiger partial charge is 0.405 e. The van der Waals surface area contributed by atoms with Gasteiger partial charge in [-0.2, -0.15) is 13.2 Å². The molecular formula is C15H20F3N3O2. The van der Waals surface area contributed by atoms with Gasteiger partial charge < -0.3 is 16.4 Å². The van der Waals surface area contributed by atoms with Crippen molar-refractivity contribution in [3.63, 3.8) is 0 Å². The molecule has 0 aliphatic heterocycles. The highest BCUT2D eigenvalue weighted by molar-refractivity contribution is 5.98. The second-order valence-corrected chi connectivity index (χ2v) is 5.46. The van der Waals surface area contributed by atoms with Gasteiger partial charge in [-0.1, -0.05) is 13.0 Å². The van der Waals surface area contributed by atoms with Crippen LogP contribution in [0, 0.1) is 12.8 Å². The molecular weight excluding hydrogens is 311 g/mol. The molecule has 1 aromatic carbocycles. The van der Waals surface area contributed by atoms with Crippen LogP contribution in [-0.2, 0) is 4.79 Å². The summed E-state index contributed by atoms with van der Waals surface area (Å²) in [5.41, 5.74) is 6.73. The van der Waals surface area contributed by atoms with E-state index in [1.54, 1.807) is 32.2 Å². The number of aryl methyl sites for hydroxylation is 1. The maximum atomic E-state index is 12.1. The number of rotatable bonds is 5. The summed E-state index contributed by atoms with van der Waals surface area (Å²) in [5, 5.41) is 4.42. The Hall–Kier alpha value is -2.09. The molecule has 0 saturated heterocycles. The van der Waals surface area contributed by atoms with Gasteiger partial charge in [-0.3, -0.25) is 9.59 Å². The summed E-state index contributed by atoms with van der Waals surface area (Å²) in [6, 6.07) is 3.93. The van der Waals surface area contributed by atoms with Crippen molar-refractivity contribution >= 4 is 17.5 Å². The number of anilines is 1. The van der Waals surface area contributed by atoms with Gasteiger partial charge in [-0.25, -0.2) is 0 Å². The lowest BCUT2D eigenvalue weighted by molar-refractivity contribution is -0.123. The number of hydrogen-bond acceptors (Lipinski definition) is 3. The molecule has 0 fully saturated rings. The summed E-state index contributed by atoms with van der Waals surface area (Å²) < 4.78 is 36.4. The Morgan fingerprint density at radius 1 is 1.26 bits per heavy atom. The second kappa shape index (κ2) is 7.45. The van der Waals surface area contributed by atoms with Crippen LogP contribution in [0.2, 0.25) is 0 Å². The topological polar surface area (TPSA) is 84.2 Å². The third-order valence-corrected chi connectivity index (χ3v) is 3.41. The van der Waals surface area contributed by atoms with E-state index in [2.05, 4.69) is 5.32 Å². The molecule has 5 nitrogen and oxygen atoms in total. The molecule has 0 radical (unpaired) electrons. The predicted molar refractivity (Wildman–Crippen MR) is 81.0 cm³/mol. The molecule has 2 unspecified atom stereocenters. The molecule has 2 amide bonds. The first-order chi connectivity index (χ1) is 10.5. The molecule has 8 heteroatoms. The van der Waals surface area contributed by atoms with Crippen LogP contribution < -0.4 is 16.4 Å². The first-order valence-corrected chi connectivity index (χ1v) is 7.03. The monoisotopic (exact) mass is 331 g/mol. The van der Waals surface area contributed by atoms with Crippen LogP contribution in [0.5, 0.6) is 0 Å². The van der Waals surface area contributed by atoms with Gasteiger partial charge in [0.05, 0.1) is 5.92 Å². The summed E-state index contributed by atoms with van der Waals surface area (Å²) in [7, 11) is 0. The van der Waals surface area contributed by atoms with Gasteiger partial charge in [-0.05, 0) is 31.5 Å². The third-order valence-electron chi connectivity index (χ3n) is 3.41. The van der Waals surface area contributed by atoms with Gasteiger partial charge in [0, 0.05) is 17.3 Å². The van der Waals surface area contributed by atoms with Crippen molar-refractivity contribution in [1.29, 1.82) is 0 Å². The molecule has 0 spiro atoms. The van der Waals surface area contributed by atoms with Crippen molar-refractivity contribution in [2.24, 2.45) is 11.7 Å². The van der Waals surface area contributed by atoms with Gasteiger partial charge in [0.15, 0.2) is 0 Å². The fourth-order valence-corrected chi connectivity index (χ4v) is 1.67. The zero-order valence-electron chi connectivity index (χ0n) is 13.1. The first kappa shape index (κ1) is 19.0. The van der Waals surface area contributed by atoms with Crippen molar-refractivity contribution in [2.75, 3.05) is 11.9 Å². The van der Waals surface area contributed by atoms with E-state index in [0.717, 1.165) is 0 Å². The fourth-order valence-electron chi connectivity index (χ4n) is 1.67. The molecule has 2 atom stereocenters. The lowest BCUT2D eigenvalue weighted by Gasteiger charge is -2.17. The van der Waals surface area contributed by atoms with E-state index in [1.165, 1.54) is 12.1 Å². The summed E-state index contributed by atoms with van der Waals surface area (Å²) in [6.07, 6.45) is -4.48. The van der Waals surface area contributed by atoms with Crippen LogP contribution in [-0.4, -0.2) is 30.6 Å². The van der Waals surface area contributed by atoms with E-state index in [4.69, 9.17) is 5.73 Å². The van der Waals surface area contributed by atoms with Crippen molar-refractivity contribution in [3.05, 3.63) is 29.3 Å². The van der Waals surface area contributed by atoms with Crippen molar-refractivity contribution in [2.45, 2.75) is 33.0 Å². The fraction of sp³-hybridized carbons (Fsp3) is 0.467. The Balaban J connectivity index is 2.87. The van der Waals surface area contributed by atoms with Crippen LogP contribution in [0.3, 0.4) is 0 Å². The quantitative estimate of drug-likeness (QED) is 0.773. The maximum absolute atomic E-state index is 12.1. The Morgan fingerprint density at radius 2 is 1.87 bits per heavy atom. The average molecular weight is 331 g/mol. The third kappa shape index (κ3) is 5.90. The first-order valence-electron chi connectivity index (χ1n) is 7.03. The summed E-state index contributed by atoms with van der Waals surface area (Å²) in [5.74, 6) is -1.63. The molecule has 1 rings (SSSR count). The predicted octanol–water partition coefficient (Wildman–Crippen LogP) is 2.21. The molecule has 0 aromatic heterocycles. The smallest absolute Gasteiger partial charge is 0.343 e. The van der Waals surface area contributed by atoms with Gasteiger partial charge >= 0.3 is 6.18 Å². The number of hydrogen-bond donors (Lipinski definition) is 3. The molecule has 1 aromatic rings. The minimum Gasteiger partial charge on any atom is -0.343 e. The summed E-state index contributed by atoms with van der Waals surface area (Å²) in [4.78, 5) is 23.7. The minimum absolute atomic E-state index is 0.0311. The van der Waals surface area contributed by atoms with E-state index in [1.807, 2.05) is 0 Å². The maximum Gasteiger partial charge on any atom is 0.405 e. The number of benzene rings is 1. The zero-order valence-corrected chi connectivity index (χ0v) is 13.1. The van der Waals surface area contributed by atoms with Crippen molar-refractivity contribution in [1.82, 2.24) is 5.32 Å². The Bertz CT molecular complexity index is 586. The molecule has 0 bridgehead atoms. The summed E-state index contributed by atoms with van der Waals surface area (Å²) >= 11 is 0. The molecule has 4 N–H and O–H groups in total. The standard InChI is InChI=1S/C15H20F3N3O2/c1-8-4-5-11(14(23)20-7-15(16,17)18)6-12(8)21-13(22)9(2)10(3)19/h4-6,9-10H,7,19H2,1-3H3,(H,20,23)(H,21,22). The number of halogens is 3. The Morgan fingerprint density at radius 3 is 2.39 bits per heavy atom. The van der Waals surface area contributed by atoms with Crippen LogP contribution >= 0.6 is 0 Å². The van der Waals surface area contributed by atoms with Gasteiger partial charge in [0.25, 0.3) is 5.91 Å². The van der Waals surface area contributed by atoms with Crippen molar-refractivity contribution < 1.29 is 22.8 Å². The highest BCUT2D eigenvalue weighted by Crippen LogP contribution is 2.19. The van der Waals surface area contributed by atoms with E-state index >= 15 is 0 Å². The molecule has 0 saturated carbocycles. The normalized spacial score (nSPS) is 14.0. The Labute approximate surface area is 132 Å². The average Bonchev–Trinajstić information content (AvgIpc) is 2.45. The van der Waals surface area contributed by atoms with Crippen LogP contribution in [0.15, 0.2) is 18.2 Å². The molecule has 0 aliphatic rings. The molecule has 0 aliphatic carbocycles. The van der Waals surface area contributed by atoms with Crippen molar-refractivity contribution in [3.8, 4) is 0 Å². The number of nitrogens with two attached hydrogens (primary N) is 1. The van der Waals surface area contributed by atoms with Crippen LogP contribution in [0.1, 0.15) is 29.8 Å². The molecule has 0 heterocycles. The van der Waals surface area contributed by atoms with Gasteiger partial charge in [-0.15, -0.1) is 0 Å². The number of nitrogens with one attached hydrogen (secondary N) is 2. The van der Waals surface area contributed by atoms with E-state index in [0.29, 0.717) is 11.3 Å². The minimum atomic E-state index is -4.48. The van der Waals surface area contributed by atoms with Crippen LogP contribution in [0.25, 0.3) is 0 Å². The highest BCUT2D eigenvalue weighted by atomic mass is 19.4. The van der Waals surface area contributed by atoms with Crippen LogP contribution in [0.4, 0.5) is 18.9 Å². The second-order valence-electron chi connectivity index (χ2n) is 5.46. The number of carbonyl (C=O) groups excluding carboxylic acids is 2. The number of carbonyl (C=O) groups is 2. The molecule has 23 heavy (non-hydrogen) atoms. The lowest BCUT2D eigenvalue weighted by Crippen LogP contribution is -2.35. The number of alkyl halides is 3. The lowest BCUT2D eigenvalue weighted by atomic mass is 10.0. The SMILES string of the molecule is Cc1ccc(C(=O)NCC(F)(F)F)cc1NC(=O)C(C)C(C)N. The van der Waals surface area contributed by atoms with E-state index in [-0.39, 0.29) is 17.5 Å². The number of amides is 2. The Kier molecular flexibility index (Phi) is 6.14. The van der Waals surface area contributed by atoms with Gasteiger partial charge in [0.2, 0.25) is 5.91 Å². The molecule has 128 valence electrons. The zero-order chi connectivity index (χ0) is 17.8. The van der Waals surface area contributed by atoms with E-state index < -0.39 is 24.5 Å². The highest BCUT2D eigenvalue weighted by Gasteiger charge is 2.28.